The predicted molar refractivity (Wildman–Crippen MR) is 89.0 cm³/mol. The minimum Gasteiger partial charge on any atom is -0.445 e. The van der Waals surface area contributed by atoms with Crippen molar-refractivity contribution in [1.29, 1.82) is 0 Å². The molecule has 2 aromatic carbocycles. The first kappa shape index (κ1) is 17.9. The summed E-state index contributed by atoms with van der Waals surface area (Å²) in [6.07, 6.45) is -1.29. The predicted octanol–water partition coefficient (Wildman–Crippen LogP) is 2.88. The second-order valence-electron chi connectivity index (χ2n) is 5.50. The number of nitrogens with zero attached hydrogens (tertiary/aromatic N) is 4. The number of ether oxygens (including phenoxy) is 1. The summed E-state index contributed by atoms with van der Waals surface area (Å²) >= 11 is 0. The van der Waals surface area contributed by atoms with E-state index in [2.05, 4.69) is 5.10 Å². The van der Waals surface area contributed by atoms with Crippen LogP contribution in [0.2, 0.25) is 0 Å². The van der Waals surface area contributed by atoms with Crippen LogP contribution in [0.1, 0.15) is 24.3 Å². The zero-order chi connectivity index (χ0) is 19.7. The first-order valence-corrected chi connectivity index (χ1v) is 7.51. The van der Waals surface area contributed by atoms with E-state index in [0.29, 0.717) is 5.56 Å². The smallest absolute Gasteiger partial charge is 0.285 e. The highest BCUT2D eigenvalue weighted by Crippen LogP contribution is 2.37. The van der Waals surface area contributed by atoms with Gasteiger partial charge in [0.25, 0.3) is 11.4 Å². The van der Waals surface area contributed by atoms with E-state index < -0.39 is 39.2 Å². The van der Waals surface area contributed by atoms with Crippen molar-refractivity contribution in [2.75, 3.05) is 0 Å². The van der Waals surface area contributed by atoms with E-state index in [0.717, 1.165) is 23.2 Å². The standard InChI is InChI=1S/C16H11FN4O6/c1-9(22)19-16(27-15(18-19)10-2-4-11(17)5-3-10)13-7-6-12(20(23)24)8-14(13)21(25)26/h2-8,16H,1H3. The quantitative estimate of drug-likeness (QED) is 0.598. The van der Waals surface area contributed by atoms with E-state index in [9.17, 15) is 29.4 Å². The number of amides is 1. The number of nitro benzene ring substituents is 2. The van der Waals surface area contributed by atoms with Gasteiger partial charge in [0.2, 0.25) is 18.0 Å². The average Bonchev–Trinajstić information content (AvgIpc) is 3.07. The summed E-state index contributed by atoms with van der Waals surface area (Å²) in [5.74, 6) is -1.09. The molecule has 0 aliphatic carbocycles. The van der Waals surface area contributed by atoms with Gasteiger partial charge in [-0.15, -0.1) is 5.10 Å². The number of hydrogen-bond donors (Lipinski definition) is 0. The summed E-state index contributed by atoms with van der Waals surface area (Å²) in [5, 5.41) is 27.1. The van der Waals surface area contributed by atoms with Gasteiger partial charge >= 0.3 is 0 Å². The molecule has 1 heterocycles. The maximum absolute atomic E-state index is 13.1. The fraction of sp³-hybridized carbons (Fsp3) is 0.125. The fourth-order valence-electron chi connectivity index (χ4n) is 2.49. The Kier molecular flexibility index (Phi) is 4.50. The molecule has 1 unspecified atom stereocenters. The van der Waals surface area contributed by atoms with Crippen LogP contribution in [0.15, 0.2) is 47.6 Å². The van der Waals surface area contributed by atoms with E-state index in [1.165, 1.54) is 31.2 Å². The first-order valence-electron chi connectivity index (χ1n) is 7.51. The Bertz CT molecular complexity index is 975. The van der Waals surface area contributed by atoms with Crippen LogP contribution in [-0.2, 0) is 9.53 Å². The Balaban J connectivity index is 2.04. The highest BCUT2D eigenvalue weighted by atomic mass is 19.1. The van der Waals surface area contributed by atoms with E-state index in [4.69, 9.17) is 4.74 Å². The van der Waals surface area contributed by atoms with Crippen LogP contribution in [0, 0.1) is 26.0 Å². The van der Waals surface area contributed by atoms with Crippen molar-refractivity contribution < 1.29 is 23.8 Å². The highest BCUT2D eigenvalue weighted by molar-refractivity contribution is 5.96. The molecule has 0 saturated carbocycles. The molecule has 0 spiro atoms. The van der Waals surface area contributed by atoms with Gasteiger partial charge in [-0.3, -0.25) is 25.0 Å². The third-order valence-corrected chi connectivity index (χ3v) is 3.75. The molecule has 1 amide bonds. The second-order valence-corrected chi connectivity index (χ2v) is 5.50. The molecule has 0 bridgehead atoms. The lowest BCUT2D eigenvalue weighted by atomic mass is 10.1. The molecule has 2 aromatic rings. The van der Waals surface area contributed by atoms with Crippen LogP contribution in [0.5, 0.6) is 0 Å². The number of rotatable bonds is 4. The largest absolute Gasteiger partial charge is 0.445 e. The number of hydrogen-bond acceptors (Lipinski definition) is 7. The van der Waals surface area contributed by atoms with Crippen LogP contribution >= 0.6 is 0 Å². The normalized spacial score (nSPS) is 15.9. The van der Waals surface area contributed by atoms with E-state index in [1.807, 2.05) is 0 Å². The molecule has 0 aromatic heterocycles. The summed E-state index contributed by atoms with van der Waals surface area (Å²) in [6.45, 7) is 1.19. The Morgan fingerprint density at radius 2 is 1.81 bits per heavy atom. The van der Waals surface area contributed by atoms with Gasteiger partial charge in [0.15, 0.2) is 0 Å². The third-order valence-electron chi connectivity index (χ3n) is 3.75. The number of non-ortho nitro benzene ring substituents is 1. The van der Waals surface area contributed by atoms with Gasteiger partial charge < -0.3 is 4.74 Å². The topological polar surface area (TPSA) is 128 Å². The minimum absolute atomic E-state index is 0.0390. The molecule has 1 atom stereocenters. The van der Waals surface area contributed by atoms with Gasteiger partial charge in [0, 0.05) is 18.6 Å². The number of benzene rings is 2. The number of halogens is 1. The summed E-state index contributed by atoms with van der Waals surface area (Å²) in [4.78, 5) is 32.6. The van der Waals surface area contributed by atoms with Crippen LogP contribution in [0.25, 0.3) is 0 Å². The van der Waals surface area contributed by atoms with Crippen molar-refractivity contribution in [3.63, 3.8) is 0 Å². The van der Waals surface area contributed by atoms with E-state index >= 15 is 0 Å². The maximum atomic E-state index is 13.1. The molecule has 0 N–H and O–H groups in total. The molecular formula is C16H11FN4O6. The monoisotopic (exact) mass is 374 g/mol. The molecule has 0 fully saturated rings. The third kappa shape index (κ3) is 3.42. The fourth-order valence-corrected chi connectivity index (χ4v) is 2.49. The Morgan fingerprint density at radius 1 is 1.15 bits per heavy atom. The van der Waals surface area contributed by atoms with E-state index in [1.54, 1.807) is 0 Å². The average molecular weight is 374 g/mol. The molecule has 3 rings (SSSR count). The highest BCUT2D eigenvalue weighted by Gasteiger charge is 2.38. The SMILES string of the molecule is CC(=O)N1N=C(c2ccc(F)cc2)OC1c1ccc([N+](=O)[O-])cc1[N+](=O)[O-]. The van der Waals surface area contributed by atoms with Gasteiger partial charge in [0.1, 0.15) is 5.82 Å². The Hall–Kier alpha value is -3.89. The molecule has 10 nitrogen and oxygen atoms in total. The van der Waals surface area contributed by atoms with Gasteiger partial charge in [-0.2, -0.15) is 5.01 Å². The Labute approximate surface area is 150 Å². The van der Waals surface area contributed by atoms with Crippen molar-refractivity contribution in [1.82, 2.24) is 5.01 Å². The number of hydrazone groups is 1. The lowest BCUT2D eigenvalue weighted by Gasteiger charge is -2.19. The van der Waals surface area contributed by atoms with Crippen molar-refractivity contribution in [3.05, 3.63) is 79.6 Å². The van der Waals surface area contributed by atoms with Crippen molar-refractivity contribution in [3.8, 4) is 0 Å². The molecule has 138 valence electrons. The Morgan fingerprint density at radius 3 is 2.37 bits per heavy atom. The number of nitro groups is 2. The zero-order valence-electron chi connectivity index (χ0n) is 13.7. The summed E-state index contributed by atoms with van der Waals surface area (Å²) < 4.78 is 18.7. The molecular weight excluding hydrogens is 363 g/mol. The molecule has 1 aliphatic rings. The van der Waals surface area contributed by atoms with Crippen LogP contribution < -0.4 is 0 Å². The lowest BCUT2D eigenvalue weighted by Crippen LogP contribution is -2.26. The van der Waals surface area contributed by atoms with Gasteiger partial charge in [0.05, 0.1) is 21.5 Å². The molecule has 1 aliphatic heterocycles. The van der Waals surface area contributed by atoms with E-state index in [-0.39, 0.29) is 11.5 Å². The number of carbonyl (C=O) groups excluding carboxylic acids is 1. The molecule has 0 radical (unpaired) electrons. The first-order chi connectivity index (χ1) is 12.8. The van der Waals surface area contributed by atoms with Crippen molar-refractivity contribution in [2.24, 2.45) is 5.10 Å². The van der Waals surface area contributed by atoms with Gasteiger partial charge in [-0.25, -0.2) is 4.39 Å². The summed E-state index contributed by atoms with van der Waals surface area (Å²) in [7, 11) is 0. The molecule has 27 heavy (non-hydrogen) atoms. The lowest BCUT2D eigenvalue weighted by molar-refractivity contribution is -0.395. The summed E-state index contributed by atoms with van der Waals surface area (Å²) in [6, 6.07) is 8.08. The maximum Gasteiger partial charge on any atom is 0.285 e. The molecule has 11 heteroatoms. The number of carbonyl (C=O) groups is 1. The molecule has 0 saturated heterocycles. The van der Waals surface area contributed by atoms with Crippen molar-refractivity contribution in [2.45, 2.75) is 13.2 Å². The van der Waals surface area contributed by atoms with Crippen LogP contribution in [0.3, 0.4) is 0 Å². The van der Waals surface area contributed by atoms with Crippen LogP contribution in [0.4, 0.5) is 15.8 Å². The van der Waals surface area contributed by atoms with Gasteiger partial charge in [-0.1, -0.05) is 0 Å². The second kappa shape index (κ2) is 6.78. The van der Waals surface area contributed by atoms with Crippen molar-refractivity contribution >= 4 is 23.2 Å². The summed E-state index contributed by atoms with van der Waals surface area (Å²) in [5.41, 5.74) is -0.787. The minimum atomic E-state index is -1.29. The van der Waals surface area contributed by atoms with Crippen LogP contribution in [-0.4, -0.2) is 26.7 Å². The zero-order valence-corrected chi connectivity index (χ0v) is 13.7. The van der Waals surface area contributed by atoms with Gasteiger partial charge in [-0.05, 0) is 30.3 Å².